The van der Waals surface area contributed by atoms with Crippen LogP contribution in [-0.4, -0.2) is 15.2 Å². The van der Waals surface area contributed by atoms with E-state index in [0.29, 0.717) is 33.5 Å². The average Bonchev–Trinajstić information content (AvgIpc) is 3.09. The molecule has 5 rings (SSSR count). The highest BCUT2D eigenvalue weighted by Crippen LogP contribution is 2.46. The lowest BCUT2D eigenvalue weighted by Crippen LogP contribution is -2.17. The van der Waals surface area contributed by atoms with Crippen LogP contribution in [-0.2, 0) is 12.7 Å². The summed E-state index contributed by atoms with van der Waals surface area (Å²) in [5.74, 6) is 0. The predicted molar refractivity (Wildman–Crippen MR) is 106 cm³/mol. The van der Waals surface area contributed by atoms with Crippen molar-refractivity contribution in [3.63, 3.8) is 0 Å². The van der Waals surface area contributed by atoms with Crippen molar-refractivity contribution in [2.24, 2.45) is 5.18 Å². The summed E-state index contributed by atoms with van der Waals surface area (Å²) in [6, 6.07) is 11.9. The number of nitrogens with one attached hydrogen (secondary N) is 2. The number of hydrogen-bond donors (Lipinski definition) is 2. The highest BCUT2D eigenvalue weighted by atomic mass is 19.4. The van der Waals surface area contributed by atoms with E-state index >= 15 is 0 Å². The molecule has 0 saturated heterocycles. The van der Waals surface area contributed by atoms with Crippen molar-refractivity contribution in [3.8, 4) is 11.1 Å². The van der Waals surface area contributed by atoms with Crippen LogP contribution in [0, 0.1) is 4.91 Å². The molecule has 4 aromatic rings. The number of H-pyrrole nitrogens is 1. The number of para-hydroxylation sites is 1. The Kier molecular flexibility index (Phi) is 4.05. The SMILES string of the molecule is O=NCc1nnc2[nH]cc3c2c1-c1ccccc1NC3c1ccccc1C(F)(F)F. The lowest BCUT2D eigenvalue weighted by Gasteiger charge is -2.23. The number of nitrogens with zero attached hydrogens (tertiary/aromatic N) is 3. The van der Waals surface area contributed by atoms with Gasteiger partial charge < -0.3 is 10.3 Å². The van der Waals surface area contributed by atoms with Gasteiger partial charge >= 0.3 is 6.18 Å². The van der Waals surface area contributed by atoms with Gasteiger partial charge in [0.25, 0.3) is 0 Å². The molecule has 3 heterocycles. The maximum atomic E-state index is 13.8. The number of halogens is 3. The molecule has 1 unspecified atom stereocenters. The van der Waals surface area contributed by atoms with E-state index in [1.54, 1.807) is 24.4 Å². The van der Waals surface area contributed by atoms with Crippen LogP contribution in [0.2, 0.25) is 0 Å². The van der Waals surface area contributed by atoms with E-state index in [1.807, 2.05) is 12.1 Å². The van der Waals surface area contributed by atoms with Gasteiger partial charge in [0.1, 0.15) is 6.54 Å². The van der Waals surface area contributed by atoms with Gasteiger partial charge in [-0.2, -0.15) is 23.2 Å². The minimum Gasteiger partial charge on any atom is -0.374 e. The van der Waals surface area contributed by atoms with Crippen LogP contribution in [0.5, 0.6) is 0 Å². The number of alkyl halides is 3. The van der Waals surface area contributed by atoms with Crippen molar-refractivity contribution in [1.82, 2.24) is 15.2 Å². The molecule has 1 aliphatic heterocycles. The van der Waals surface area contributed by atoms with Crippen LogP contribution in [0.4, 0.5) is 18.9 Å². The topological polar surface area (TPSA) is 83.0 Å². The van der Waals surface area contributed by atoms with Gasteiger partial charge in [0.05, 0.1) is 17.3 Å². The molecule has 0 saturated carbocycles. The van der Waals surface area contributed by atoms with Crippen LogP contribution in [0.15, 0.2) is 59.9 Å². The first-order valence-electron chi connectivity index (χ1n) is 9.16. The Bertz CT molecular complexity index is 1280. The molecule has 2 aromatic carbocycles. The van der Waals surface area contributed by atoms with Crippen molar-refractivity contribution in [3.05, 3.63) is 82.0 Å². The van der Waals surface area contributed by atoms with Gasteiger partial charge in [-0.3, -0.25) is 0 Å². The Labute approximate surface area is 168 Å². The smallest absolute Gasteiger partial charge is 0.374 e. The fourth-order valence-corrected chi connectivity index (χ4v) is 4.08. The quantitative estimate of drug-likeness (QED) is 0.442. The molecule has 6 nitrogen and oxygen atoms in total. The fourth-order valence-electron chi connectivity index (χ4n) is 4.08. The molecule has 2 aromatic heterocycles. The van der Waals surface area contributed by atoms with Crippen LogP contribution in [0.1, 0.15) is 28.4 Å². The Morgan fingerprint density at radius 1 is 1.00 bits per heavy atom. The number of hydrogen-bond acceptors (Lipinski definition) is 5. The molecular weight excluding hydrogens is 395 g/mol. The van der Waals surface area contributed by atoms with Gasteiger partial charge in [-0.15, -0.1) is 5.10 Å². The summed E-state index contributed by atoms with van der Waals surface area (Å²) in [6.45, 7) is -0.193. The van der Waals surface area contributed by atoms with Gasteiger partial charge in [-0.05, 0) is 17.7 Å². The molecule has 150 valence electrons. The zero-order chi connectivity index (χ0) is 20.9. The average molecular weight is 409 g/mol. The Morgan fingerprint density at radius 3 is 2.57 bits per heavy atom. The normalized spacial score (nSPS) is 15.4. The largest absolute Gasteiger partial charge is 0.416 e. The third-order valence-corrected chi connectivity index (χ3v) is 5.30. The lowest BCUT2D eigenvalue weighted by molar-refractivity contribution is -0.138. The second kappa shape index (κ2) is 6.65. The maximum Gasteiger partial charge on any atom is 0.416 e. The summed E-state index contributed by atoms with van der Waals surface area (Å²) >= 11 is 0. The number of rotatable bonds is 3. The molecule has 9 heteroatoms. The maximum absolute atomic E-state index is 13.8. The third kappa shape index (κ3) is 2.73. The molecule has 0 radical (unpaired) electrons. The van der Waals surface area contributed by atoms with Crippen molar-refractivity contribution in [1.29, 1.82) is 0 Å². The number of aromatic nitrogens is 3. The summed E-state index contributed by atoms with van der Waals surface area (Å²) in [5.41, 5.74) is 2.79. The zero-order valence-electron chi connectivity index (χ0n) is 15.4. The first-order chi connectivity index (χ1) is 14.5. The monoisotopic (exact) mass is 409 g/mol. The van der Waals surface area contributed by atoms with E-state index in [9.17, 15) is 18.1 Å². The number of aromatic amines is 1. The van der Waals surface area contributed by atoms with Gasteiger partial charge in [0.15, 0.2) is 5.65 Å². The van der Waals surface area contributed by atoms with Crippen LogP contribution in [0.25, 0.3) is 22.2 Å². The summed E-state index contributed by atoms with van der Waals surface area (Å²) < 4.78 is 41.3. The van der Waals surface area contributed by atoms with Crippen molar-refractivity contribution in [2.45, 2.75) is 18.8 Å². The standard InChI is InChI=1S/C21H14F3N5O/c22-21(23,24)14-7-3-1-5-11(14)19-13-9-25-20-18(13)17(16(10-26-30)28-29-20)12-6-2-4-8-15(12)27-19/h1-9,19,27H,10H2,(H,25,29). The first kappa shape index (κ1) is 18.3. The highest BCUT2D eigenvalue weighted by Gasteiger charge is 2.37. The minimum atomic E-state index is -4.51. The van der Waals surface area contributed by atoms with Gasteiger partial charge in [-0.25, -0.2) is 0 Å². The second-order valence-corrected chi connectivity index (χ2v) is 6.98. The summed E-state index contributed by atoms with van der Waals surface area (Å²) in [7, 11) is 0. The molecule has 0 fully saturated rings. The number of benzene rings is 2. The predicted octanol–water partition coefficient (Wildman–Crippen LogP) is 5.43. The number of anilines is 1. The molecule has 0 amide bonds. The van der Waals surface area contributed by atoms with Crippen molar-refractivity contribution >= 4 is 16.7 Å². The fraction of sp³-hybridized carbons (Fsp3) is 0.143. The van der Waals surface area contributed by atoms with E-state index in [1.165, 1.54) is 12.1 Å². The molecular formula is C21H14F3N5O. The third-order valence-electron chi connectivity index (χ3n) is 5.30. The molecule has 0 aliphatic carbocycles. The molecule has 1 atom stereocenters. The van der Waals surface area contributed by atoms with E-state index in [4.69, 9.17) is 0 Å². The molecule has 0 spiro atoms. The molecule has 1 aliphatic rings. The van der Waals surface area contributed by atoms with Crippen molar-refractivity contribution < 1.29 is 13.2 Å². The minimum absolute atomic E-state index is 0.0976. The molecule has 30 heavy (non-hydrogen) atoms. The highest BCUT2D eigenvalue weighted by molar-refractivity contribution is 6.02. The molecule has 0 bridgehead atoms. The Balaban J connectivity index is 1.86. The van der Waals surface area contributed by atoms with E-state index in [-0.39, 0.29) is 12.1 Å². The summed E-state index contributed by atoms with van der Waals surface area (Å²) in [5, 5.41) is 15.1. The number of nitroso groups, excluding NO2 is 1. The Morgan fingerprint density at radius 2 is 1.77 bits per heavy atom. The van der Waals surface area contributed by atoms with E-state index < -0.39 is 17.8 Å². The Hall–Kier alpha value is -3.75. The lowest BCUT2D eigenvalue weighted by atomic mass is 9.93. The zero-order valence-corrected chi connectivity index (χ0v) is 15.4. The van der Waals surface area contributed by atoms with E-state index in [2.05, 4.69) is 25.7 Å². The number of fused-ring (bicyclic) bond motifs is 2. The van der Waals surface area contributed by atoms with Gasteiger partial charge in [0, 0.05) is 34.0 Å². The summed E-state index contributed by atoms with van der Waals surface area (Å²) in [6.07, 6.45) is -2.87. The van der Waals surface area contributed by atoms with Crippen LogP contribution >= 0.6 is 0 Å². The van der Waals surface area contributed by atoms with Crippen LogP contribution in [0.3, 0.4) is 0 Å². The van der Waals surface area contributed by atoms with Crippen molar-refractivity contribution in [2.75, 3.05) is 5.32 Å². The molecule has 2 N–H and O–H groups in total. The van der Waals surface area contributed by atoms with Crippen LogP contribution < -0.4 is 5.32 Å². The van der Waals surface area contributed by atoms with Gasteiger partial charge in [0.2, 0.25) is 0 Å². The van der Waals surface area contributed by atoms with E-state index in [0.717, 1.165) is 11.6 Å². The summed E-state index contributed by atoms with van der Waals surface area (Å²) in [4.78, 5) is 14.0. The second-order valence-electron chi connectivity index (χ2n) is 6.98. The van der Waals surface area contributed by atoms with Gasteiger partial charge in [-0.1, -0.05) is 41.6 Å². The first-order valence-corrected chi connectivity index (χ1v) is 9.16.